The normalized spacial score (nSPS) is 12.1. The number of benzene rings is 1. The van der Waals surface area contributed by atoms with Gasteiger partial charge in [-0.25, -0.2) is 0 Å². The van der Waals surface area contributed by atoms with Gasteiger partial charge in [-0.05, 0) is 30.0 Å². The van der Waals surface area contributed by atoms with E-state index in [9.17, 15) is 15.0 Å². The van der Waals surface area contributed by atoms with Crippen molar-refractivity contribution in [3.63, 3.8) is 0 Å². The second-order valence-electron chi connectivity index (χ2n) is 8.67. The quantitative estimate of drug-likeness (QED) is 0.193. The number of ether oxygens (including phenoxy) is 1. The minimum Gasteiger partial charge on any atom is -0.508 e. The first kappa shape index (κ1) is 26.3. The minimum atomic E-state index is -0.312. The lowest BCUT2D eigenvalue weighted by molar-refractivity contribution is -0.144. The monoisotopic (exact) mass is 420 g/mol. The van der Waals surface area contributed by atoms with E-state index >= 15 is 0 Å². The van der Waals surface area contributed by atoms with Crippen LogP contribution in [0.2, 0.25) is 0 Å². The number of hydrogen-bond acceptors (Lipinski definition) is 4. The number of phenols is 2. The molecule has 172 valence electrons. The van der Waals surface area contributed by atoms with Crippen LogP contribution < -0.4 is 0 Å². The second-order valence-corrected chi connectivity index (χ2v) is 8.67. The molecule has 0 fully saturated rings. The molecule has 1 unspecified atom stereocenters. The Morgan fingerprint density at radius 3 is 1.80 bits per heavy atom. The van der Waals surface area contributed by atoms with Crippen molar-refractivity contribution in [2.45, 2.75) is 110 Å². The maximum Gasteiger partial charge on any atom is 0.310 e. The lowest BCUT2D eigenvalue weighted by atomic mass is 9.98. The predicted octanol–water partition coefficient (Wildman–Crippen LogP) is 7.30. The first-order valence-corrected chi connectivity index (χ1v) is 12.2. The number of rotatable bonds is 18. The maximum atomic E-state index is 12.0. The van der Waals surface area contributed by atoms with Gasteiger partial charge in [-0.2, -0.15) is 0 Å². The lowest BCUT2D eigenvalue weighted by Gasteiger charge is -2.15. The number of hydrogen-bond donors (Lipinski definition) is 2. The number of carbonyl (C=O) groups is 1. The molecule has 4 heteroatoms. The maximum absolute atomic E-state index is 12.0. The fraction of sp³-hybridized carbons (Fsp3) is 0.731. The Balaban J connectivity index is 2.04. The van der Waals surface area contributed by atoms with Gasteiger partial charge in [-0.1, -0.05) is 97.3 Å². The molecule has 2 N–H and O–H groups in total. The van der Waals surface area contributed by atoms with E-state index in [0.717, 1.165) is 12.8 Å². The van der Waals surface area contributed by atoms with Gasteiger partial charge in [0.1, 0.15) is 11.5 Å². The van der Waals surface area contributed by atoms with Crippen molar-refractivity contribution < 1.29 is 19.7 Å². The van der Waals surface area contributed by atoms with E-state index in [-0.39, 0.29) is 23.9 Å². The Kier molecular flexibility index (Phi) is 14.9. The van der Waals surface area contributed by atoms with Gasteiger partial charge >= 0.3 is 5.97 Å². The predicted molar refractivity (Wildman–Crippen MR) is 124 cm³/mol. The van der Waals surface area contributed by atoms with Crippen LogP contribution in [-0.4, -0.2) is 22.8 Å². The molecule has 0 amide bonds. The van der Waals surface area contributed by atoms with E-state index in [0.29, 0.717) is 18.1 Å². The molecule has 0 aliphatic carbocycles. The molecule has 0 radical (unpaired) electrons. The molecule has 0 heterocycles. The average molecular weight is 421 g/mol. The average Bonchev–Trinajstić information content (AvgIpc) is 2.70. The van der Waals surface area contributed by atoms with Crippen LogP contribution in [0.4, 0.5) is 0 Å². The van der Waals surface area contributed by atoms with Crippen LogP contribution in [0, 0.1) is 5.92 Å². The largest absolute Gasteiger partial charge is 0.508 e. The van der Waals surface area contributed by atoms with Crippen LogP contribution in [-0.2, 0) is 16.0 Å². The van der Waals surface area contributed by atoms with E-state index < -0.39 is 0 Å². The summed E-state index contributed by atoms with van der Waals surface area (Å²) in [5.41, 5.74) is 0.562. The standard InChI is InChI=1S/C26H44O4/c1-3-5-6-7-8-9-10-11-12-13-14-15-16-22(4-2)21-30-26(29)19-23-17-24(27)20-25(28)18-23/h17-18,20,22,27-28H,3-16,19,21H2,1-2H3. The minimum absolute atomic E-state index is 0.0452. The van der Waals surface area contributed by atoms with Gasteiger partial charge in [0.05, 0.1) is 13.0 Å². The molecular formula is C26H44O4. The molecule has 0 aromatic heterocycles. The Morgan fingerprint density at radius 2 is 1.30 bits per heavy atom. The van der Waals surface area contributed by atoms with Crippen LogP contribution in [0.5, 0.6) is 11.5 Å². The third-order valence-corrected chi connectivity index (χ3v) is 5.83. The highest BCUT2D eigenvalue weighted by Crippen LogP contribution is 2.21. The van der Waals surface area contributed by atoms with E-state index in [1.165, 1.54) is 95.2 Å². The zero-order chi connectivity index (χ0) is 22.0. The third-order valence-electron chi connectivity index (χ3n) is 5.83. The molecule has 0 spiro atoms. The van der Waals surface area contributed by atoms with Crippen molar-refractivity contribution in [3.05, 3.63) is 23.8 Å². The highest BCUT2D eigenvalue weighted by Gasteiger charge is 2.12. The zero-order valence-electron chi connectivity index (χ0n) is 19.3. The second kappa shape index (κ2) is 17.0. The highest BCUT2D eigenvalue weighted by molar-refractivity contribution is 5.73. The van der Waals surface area contributed by atoms with Crippen molar-refractivity contribution in [2.24, 2.45) is 5.92 Å². The molecular weight excluding hydrogens is 376 g/mol. The van der Waals surface area contributed by atoms with Gasteiger partial charge in [-0.3, -0.25) is 4.79 Å². The smallest absolute Gasteiger partial charge is 0.310 e. The summed E-state index contributed by atoms with van der Waals surface area (Å²) in [6.07, 6.45) is 18.4. The lowest BCUT2D eigenvalue weighted by Crippen LogP contribution is -2.15. The van der Waals surface area contributed by atoms with Crippen molar-refractivity contribution in [1.29, 1.82) is 0 Å². The van der Waals surface area contributed by atoms with Gasteiger partial charge in [0, 0.05) is 6.07 Å². The molecule has 1 aromatic carbocycles. The summed E-state index contributed by atoms with van der Waals surface area (Å²) >= 11 is 0. The molecule has 0 saturated heterocycles. The summed E-state index contributed by atoms with van der Waals surface area (Å²) in [5, 5.41) is 19.0. The van der Waals surface area contributed by atoms with E-state index in [4.69, 9.17) is 4.74 Å². The fourth-order valence-electron chi connectivity index (χ4n) is 3.87. The van der Waals surface area contributed by atoms with Crippen LogP contribution in [0.3, 0.4) is 0 Å². The Morgan fingerprint density at radius 1 is 0.800 bits per heavy atom. The molecule has 1 rings (SSSR count). The van der Waals surface area contributed by atoms with Gasteiger partial charge in [0.2, 0.25) is 0 Å². The molecule has 0 bridgehead atoms. The van der Waals surface area contributed by atoms with Gasteiger partial charge < -0.3 is 14.9 Å². The summed E-state index contributed by atoms with van der Waals surface area (Å²) in [6.45, 7) is 4.87. The first-order chi connectivity index (χ1) is 14.5. The van der Waals surface area contributed by atoms with Crippen LogP contribution in [0.1, 0.15) is 109 Å². The number of unbranched alkanes of at least 4 members (excludes halogenated alkanes) is 11. The van der Waals surface area contributed by atoms with Gasteiger partial charge in [0.15, 0.2) is 0 Å². The molecule has 1 aromatic rings. The van der Waals surface area contributed by atoms with Gasteiger partial charge in [0.25, 0.3) is 0 Å². The molecule has 4 nitrogen and oxygen atoms in total. The van der Waals surface area contributed by atoms with E-state index in [1.54, 1.807) is 0 Å². The highest BCUT2D eigenvalue weighted by atomic mass is 16.5. The summed E-state index contributed by atoms with van der Waals surface area (Å²) < 4.78 is 5.43. The van der Waals surface area contributed by atoms with Crippen LogP contribution >= 0.6 is 0 Å². The topological polar surface area (TPSA) is 66.8 Å². The van der Waals surface area contributed by atoms with E-state index in [1.807, 2.05) is 0 Å². The molecule has 0 aliphatic rings. The SMILES string of the molecule is CCCCCCCCCCCCCCC(CC)COC(=O)Cc1cc(O)cc(O)c1. The molecule has 30 heavy (non-hydrogen) atoms. The molecule has 0 aliphatic heterocycles. The number of esters is 1. The van der Waals surface area contributed by atoms with Crippen LogP contribution in [0.25, 0.3) is 0 Å². The summed E-state index contributed by atoms with van der Waals surface area (Å²) in [7, 11) is 0. The fourth-order valence-corrected chi connectivity index (χ4v) is 3.87. The summed E-state index contributed by atoms with van der Waals surface area (Å²) in [4.78, 5) is 12.0. The Bertz CT molecular complexity index is 550. The van der Waals surface area contributed by atoms with Crippen molar-refractivity contribution in [3.8, 4) is 11.5 Å². The van der Waals surface area contributed by atoms with Crippen molar-refractivity contribution in [2.75, 3.05) is 6.61 Å². The third kappa shape index (κ3) is 13.5. The number of phenolic OH excluding ortho intramolecular Hbond substituents is 2. The zero-order valence-corrected chi connectivity index (χ0v) is 19.3. The Labute approximate surface area is 184 Å². The van der Waals surface area contributed by atoms with Crippen LogP contribution in [0.15, 0.2) is 18.2 Å². The first-order valence-electron chi connectivity index (χ1n) is 12.2. The Hall–Kier alpha value is -1.71. The molecule has 1 atom stereocenters. The number of aromatic hydroxyl groups is 2. The van der Waals surface area contributed by atoms with Gasteiger partial charge in [-0.15, -0.1) is 0 Å². The number of carbonyl (C=O) groups excluding carboxylic acids is 1. The molecule has 0 saturated carbocycles. The van der Waals surface area contributed by atoms with Crippen molar-refractivity contribution in [1.82, 2.24) is 0 Å². The summed E-state index contributed by atoms with van der Waals surface area (Å²) in [6, 6.07) is 4.20. The van der Waals surface area contributed by atoms with E-state index in [2.05, 4.69) is 13.8 Å². The summed E-state index contributed by atoms with van der Waals surface area (Å²) in [5.74, 6) is 0.00945. The van der Waals surface area contributed by atoms with Crippen molar-refractivity contribution >= 4 is 5.97 Å².